The second kappa shape index (κ2) is 7.71. The summed E-state index contributed by atoms with van der Waals surface area (Å²) in [4.78, 5) is 26.8. The number of aromatic nitrogens is 4. The molecule has 5 rings (SSSR count). The second-order valence-electron chi connectivity index (χ2n) is 7.96. The zero-order chi connectivity index (χ0) is 22.6. The predicted molar refractivity (Wildman–Crippen MR) is 120 cm³/mol. The Morgan fingerprint density at radius 2 is 2.19 bits per heavy atom. The zero-order valence-corrected chi connectivity index (χ0v) is 18.9. The molecule has 0 spiro atoms. The Bertz CT molecular complexity index is 1280. The molecule has 4 N–H and O–H groups in total. The molecule has 0 radical (unpaired) electrons. The molecule has 3 aromatic heterocycles. The van der Waals surface area contributed by atoms with Crippen molar-refractivity contribution in [3.63, 3.8) is 0 Å². The average Bonchev–Trinajstić information content (AvgIpc) is 3.03. The Kier molecular flexibility index (Phi) is 5.09. The number of hydrogen-bond acceptors (Lipinski definition) is 8. The van der Waals surface area contributed by atoms with Gasteiger partial charge in [0.15, 0.2) is 17.0 Å². The van der Waals surface area contributed by atoms with Gasteiger partial charge in [-0.3, -0.25) is 4.79 Å². The van der Waals surface area contributed by atoms with E-state index in [9.17, 15) is 15.0 Å². The molecule has 3 aromatic rings. The number of imidazole rings is 1. The smallest absolute Gasteiger partial charge is 0.229 e. The topological polar surface area (TPSA) is 125 Å². The molecule has 2 aliphatic carbocycles. The van der Waals surface area contributed by atoms with Crippen LogP contribution in [0.4, 0.5) is 5.82 Å². The number of thiophene rings is 1. The number of amides is 1. The number of anilines is 1. The van der Waals surface area contributed by atoms with Crippen LogP contribution in [0, 0.1) is 23.2 Å². The van der Waals surface area contributed by atoms with Gasteiger partial charge in [-0.1, -0.05) is 11.6 Å². The summed E-state index contributed by atoms with van der Waals surface area (Å²) in [6.07, 6.45) is -0.210. The number of halogens is 1. The molecule has 32 heavy (non-hydrogen) atoms. The molecule has 11 heteroatoms. The highest BCUT2D eigenvalue weighted by Gasteiger charge is 2.75. The van der Waals surface area contributed by atoms with Crippen molar-refractivity contribution < 1.29 is 15.0 Å². The van der Waals surface area contributed by atoms with Crippen molar-refractivity contribution in [2.24, 2.45) is 11.3 Å². The molecule has 2 saturated carbocycles. The molecule has 5 atom stereocenters. The van der Waals surface area contributed by atoms with E-state index in [-0.39, 0.29) is 11.8 Å². The van der Waals surface area contributed by atoms with E-state index in [1.807, 2.05) is 13.0 Å². The van der Waals surface area contributed by atoms with Crippen molar-refractivity contribution in [2.75, 3.05) is 18.9 Å². The molecular formula is C21H21ClN6O3S. The first-order valence-corrected chi connectivity index (χ1v) is 11.4. The molecule has 0 aromatic carbocycles. The number of hydrogen-bond donors (Lipinski definition) is 4. The molecule has 3 heterocycles. The molecule has 166 valence electrons. The number of aliphatic hydroxyl groups is 2. The zero-order valence-electron chi connectivity index (χ0n) is 17.3. The van der Waals surface area contributed by atoms with Crippen LogP contribution in [0.1, 0.15) is 30.1 Å². The molecule has 0 saturated heterocycles. The molecule has 9 nitrogen and oxygen atoms in total. The molecular weight excluding hydrogens is 452 g/mol. The fourth-order valence-electron chi connectivity index (χ4n) is 4.77. The maximum absolute atomic E-state index is 12.5. The summed E-state index contributed by atoms with van der Waals surface area (Å²) in [6.45, 7) is 2.57. The first kappa shape index (κ1) is 21.2. The van der Waals surface area contributed by atoms with Gasteiger partial charge in [-0.25, -0.2) is 15.0 Å². The summed E-state index contributed by atoms with van der Waals surface area (Å²) < 4.78 is 2.39. The quantitative estimate of drug-likeness (QED) is 0.423. The third kappa shape index (κ3) is 3.08. The molecule has 1 unspecified atom stereocenters. The Morgan fingerprint density at radius 1 is 1.38 bits per heavy atom. The third-order valence-electron chi connectivity index (χ3n) is 6.28. The summed E-state index contributed by atoms with van der Waals surface area (Å²) >= 11 is 7.34. The van der Waals surface area contributed by atoms with Crippen molar-refractivity contribution >= 4 is 45.8 Å². The van der Waals surface area contributed by atoms with Crippen LogP contribution in [0.25, 0.3) is 11.2 Å². The number of aliphatic hydroxyl groups excluding tert-OH is 2. The van der Waals surface area contributed by atoms with Crippen molar-refractivity contribution in [3.8, 4) is 11.8 Å². The Hall–Kier alpha value is -2.71. The van der Waals surface area contributed by atoms with Crippen LogP contribution < -0.4 is 10.6 Å². The summed E-state index contributed by atoms with van der Waals surface area (Å²) in [5.74, 6) is 6.34. The minimum Gasteiger partial charge on any atom is -0.389 e. The minimum atomic E-state index is -1.16. The van der Waals surface area contributed by atoms with Crippen LogP contribution in [0.2, 0.25) is 4.34 Å². The maximum atomic E-state index is 12.5. The van der Waals surface area contributed by atoms with Gasteiger partial charge in [0.1, 0.15) is 6.10 Å². The fourth-order valence-corrected chi connectivity index (χ4v) is 5.66. The van der Waals surface area contributed by atoms with Crippen molar-refractivity contribution in [1.29, 1.82) is 0 Å². The van der Waals surface area contributed by atoms with Gasteiger partial charge < -0.3 is 25.4 Å². The second-order valence-corrected chi connectivity index (χ2v) is 9.68. The number of rotatable bonds is 4. The van der Waals surface area contributed by atoms with Gasteiger partial charge in [-0.2, -0.15) is 0 Å². The highest BCUT2D eigenvalue weighted by atomic mass is 35.5. The number of carbonyl (C=O) groups excluding carboxylic acids is 1. The van der Waals surface area contributed by atoms with Crippen molar-refractivity contribution in [3.05, 3.63) is 33.5 Å². The maximum Gasteiger partial charge on any atom is 0.229 e. The molecule has 0 aliphatic heterocycles. The van der Waals surface area contributed by atoms with Crippen molar-refractivity contribution in [2.45, 2.75) is 31.6 Å². The van der Waals surface area contributed by atoms with E-state index in [1.165, 1.54) is 18.4 Å². The first-order chi connectivity index (χ1) is 15.4. The Morgan fingerprint density at radius 3 is 2.88 bits per heavy atom. The van der Waals surface area contributed by atoms with Gasteiger partial charge in [0.05, 0.1) is 33.1 Å². The van der Waals surface area contributed by atoms with Gasteiger partial charge in [0.2, 0.25) is 11.7 Å². The lowest BCUT2D eigenvalue weighted by Gasteiger charge is -2.23. The van der Waals surface area contributed by atoms with E-state index >= 15 is 0 Å². The normalized spacial score (nSPS) is 28.2. The number of carbonyl (C=O) groups is 1. The summed E-state index contributed by atoms with van der Waals surface area (Å²) in [6, 6.07) is 3.07. The number of nitrogens with zero attached hydrogens (tertiary/aromatic N) is 4. The van der Waals surface area contributed by atoms with Crippen LogP contribution in [-0.2, 0) is 4.79 Å². The molecule has 2 fully saturated rings. The van der Waals surface area contributed by atoms with Gasteiger partial charge in [0.25, 0.3) is 0 Å². The van der Waals surface area contributed by atoms with Gasteiger partial charge in [-0.15, -0.1) is 11.3 Å². The van der Waals surface area contributed by atoms with Gasteiger partial charge in [-0.05, 0) is 37.3 Å². The highest BCUT2D eigenvalue weighted by Crippen LogP contribution is 2.67. The fraction of sp³-hybridized carbons (Fsp3) is 0.429. The van der Waals surface area contributed by atoms with Crippen LogP contribution in [-0.4, -0.2) is 61.4 Å². The summed E-state index contributed by atoms with van der Waals surface area (Å²) in [7, 11) is 1.53. The van der Waals surface area contributed by atoms with Crippen molar-refractivity contribution in [1.82, 2.24) is 24.8 Å². The van der Waals surface area contributed by atoms with E-state index in [1.54, 1.807) is 17.0 Å². The third-order valence-corrected chi connectivity index (χ3v) is 7.43. The van der Waals surface area contributed by atoms with E-state index in [2.05, 4.69) is 37.4 Å². The van der Waals surface area contributed by atoms with E-state index in [0.29, 0.717) is 40.1 Å². The van der Waals surface area contributed by atoms with E-state index < -0.39 is 23.7 Å². The first-order valence-electron chi connectivity index (χ1n) is 10.2. The van der Waals surface area contributed by atoms with E-state index in [4.69, 9.17) is 11.6 Å². The molecule has 0 bridgehead atoms. The van der Waals surface area contributed by atoms with Crippen LogP contribution in [0.3, 0.4) is 0 Å². The lowest BCUT2D eigenvalue weighted by atomic mass is 9.98. The Balaban J connectivity index is 1.59. The highest BCUT2D eigenvalue weighted by molar-refractivity contribution is 7.16. The van der Waals surface area contributed by atoms with Crippen LogP contribution in [0.15, 0.2) is 18.5 Å². The lowest BCUT2D eigenvalue weighted by molar-refractivity contribution is -0.132. The minimum absolute atomic E-state index is 0.217. The number of nitrogens with one attached hydrogen (secondary N) is 2. The SMILES string of the molecule is CCNc1nc(C#Cc2ccc(Cl)s2)nc2c1ncn2[C@@H]1[C@H]2C[C@]2(C(=O)NC)C(O)[C@@H]1O. The monoisotopic (exact) mass is 472 g/mol. The Labute approximate surface area is 192 Å². The standard InChI is InChI=1S/C21H21ClN6O3S/c1-3-24-18-14-19(27-13(26-18)7-5-10-4-6-12(22)32-10)28(9-25-14)15-11-8-21(11,20(31)23-2)17(30)16(15)29/h4,6,9,11,15-17,29-30H,3,8H2,1-2H3,(H,23,31)(H,24,26,27)/t11-,15-,16-,17?,21-/m1/s1. The van der Waals surface area contributed by atoms with Crippen LogP contribution >= 0.6 is 22.9 Å². The van der Waals surface area contributed by atoms with Crippen LogP contribution in [0.5, 0.6) is 0 Å². The average molecular weight is 473 g/mol. The molecule has 2 aliphatic rings. The summed E-state index contributed by atoms with van der Waals surface area (Å²) in [5.41, 5.74) is 0.0465. The van der Waals surface area contributed by atoms with E-state index in [0.717, 1.165) is 4.88 Å². The van der Waals surface area contributed by atoms with Gasteiger partial charge in [0, 0.05) is 19.5 Å². The largest absolute Gasteiger partial charge is 0.389 e. The van der Waals surface area contributed by atoms with Gasteiger partial charge >= 0.3 is 0 Å². The predicted octanol–water partition coefficient (Wildman–Crippen LogP) is 1.40. The number of fused-ring (bicyclic) bond motifs is 2. The molecule has 1 amide bonds. The summed E-state index contributed by atoms with van der Waals surface area (Å²) in [5, 5.41) is 27.3. The lowest BCUT2D eigenvalue weighted by Crippen LogP contribution is -2.41.